The van der Waals surface area contributed by atoms with Crippen LogP contribution < -0.4 is 9.62 Å². The monoisotopic (exact) mass is 434 g/mol. The summed E-state index contributed by atoms with van der Waals surface area (Å²) >= 11 is 0. The number of nitrogens with one attached hydrogen (secondary N) is 1. The highest BCUT2D eigenvalue weighted by Crippen LogP contribution is 2.28. The number of halogens is 2. The first kappa shape index (κ1) is 21.1. The van der Waals surface area contributed by atoms with Crippen molar-refractivity contribution in [3.8, 4) is 11.1 Å². The Morgan fingerprint density at radius 2 is 1.83 bits per heavy atom. The minimum atomic E-state index is -4.35. The number of sulfonamides is 1. The van der Waals surface area contributed by atoms with Gasteiger partial charge in [0, 0.05) is 31.1 Å². The van der Waals surface area contributed by atoms with Gasteiger partial charge in [0.2, 0.25) is 0 Å². The first-order valence-corrected chi connectivity index (χ1v) is 9.94. The average molecular weight is 434 g/mol. The molecule has 3 aromatic rings. The Morgan fingerprint density at radius 3 is 2.50 bits per heavy atom. The molecule has 0 saturated heterocycles. The summed E-state index contributed by atoms with van der Waals surface area (Å²) in [6, 6.07) is 6.73. The molecule has 2 heterocycles. The third-order valence-corrected chi connectivity index (χ3v) is 5.62. The van der Waals surface area contributed by atoms with E-state index in [0.717, 1.165) is 17.0 Å². The van der Waals surface area contributed by atoms with Crippen LogP contribution in [-0.2, 0) is 10.0 Å². The van der Waals surface area contributed by atoms with E-state index in [1.807, 2.05) is 0 Å². The molecule has 2 N–H and O–H groups in total. The second kappa shape index (κ2) is 8.03. The lowest BCUT2D eigenvalue weighted by atomic mass is 10.1. The molecule has 1 amide bonds. The Morgan fingerprint density at radius 1 is 1.10 bits per heavy atom. The molecule has 0 bridgehead atoms. The third-order valence-electron chi connectivity index (χ3n) is 4.22. The van der Waals surface area contributed by atoms with E-state index in [-0.39, 0.29) is 11.5 Å². The van der Waals surface area contributed by atoms with Crippen molar-refractivity contribution in [3.05, 3.63) is 66.1 Å². The molecule has 0 aliphatic carbocycles. The molecule has 3 rings (SSSR count). The fraction of sp³-hybridized carbons (Fsp3) is 0.105. The Kier molecular flexibility index (Phi) is 5.65. The standard InChI is InChI=1S/C19H16F2N4O4S/c1-11-16(24-30(28,29)17-4-3-14(20)9-15(17)21)7-13(10-23-11)12-5-6-22-18(8-12)25(2)19(26)27/h3-10,24H,1-2H3,(H,26,27). The number of pyridine rings is 2. The van der Waals surface area contributed by atoms with Crippen molar-refractivity contribution >= 4 is 27.6 Å². The molecule has 0 aliphatic rings. The van der Waals surface area contributed by atoms with Gasteiger partial charge in [-0.25, -0.2) is 27.0 Å². The van der Waals surface area contributed by atoms with E-state index in [4.69, 9.17) is 5.11 Å². The highest BCUT2D eigenvalue weighted by Gasteiger charge is 2.21. The maximum Gasteiger partial charge on any atom is 0.412 e. The lowest BCUT2D eigenvalue weighted by molar-refractivity contribution is 0.203. The summed E-state index contributed by atoms with van der Waals surface area (Å²) < 4.78 is 54.4. The fourth-order valence-electron chi connectivity index (χ4n) is 2.57. The van der Waals surface area contributed by atoms with Gasteiger partial charge in [-0.15, -0.1) is 0 Å². The largest absolute Gasteiger partial charge is 0.465 e. The van der Waals surface area contributed by atoms with Gasteiger partial charge in [-0.2, -0.15) is 0 Å². The van der Waals surface area contributed by atoms with Gasteiger partial charge >= 0.3 is 6.09 Å². The predicted octanol–water partition coefficient (Wildman–Crippen LogP) is 3.65. The summed E-state index contributed by atoms with van der Waals surface area (Å²) in [6.07, 6.45) is 1.68. The molecular formula is C19H16F2N4O4S. The van der Waals surface area contributed by atoms with Crippen molar-refractivity contribution in [3.63, 3.8) is 0 Å². The third kappa shape index (κ3) is 4.35. The maximum absolute atomic E-state index is 13.9. The zero-order valence-corrected chi connectivity index (χ0v) is 16.6. The molecule has 8 nitrogen and oxygen atoms in total. The minimum Gasteiger partial charge on any atom is -0.465 e. The van der Waals surface area contributed by atoms with Crippen LogP contribution in [0.3, 0.4) is 0 Å². The van der Waals surface area contributed by atoms with Crippen LogP contribution in [0.5, 0.6) is 0 Å². The van der Waals surface area contributed by atoms with Crippen molar-refractivity contribution < 1.29 is 27.1 Å². The van der Waals surface area contributed by atoms with Crippen LogP contribution in [0.4, 0.5) is 25.1 Å². The smallest absolute Gasteiger partial charge is 0.412 e. The molecule has 0 spiro atoms. The average Bonchev–Trinajstić information content (AvgIpc) is 2.68. The zero-order valence-electron chi connectivity index (χ0n) is 15.8. The molecule has 2 aromatic heterocycles. The van der Waals surface area contributed by atoms with Gasteiger partial charge in [0.1, 0.15) is 22.3 Å². The van der Waals surface area contributed by atoms with Crippen LogP contribution in [0.1, 0.15) is 5.69 Å². The number of rotatable bonds is 5. The van der Waals surface area contributed by atoms with Crippen molar-refractivity contribution in [2.75, 3.05) is 16.7 Å². The van der Waals surface area contributed by atoms with Crippen LogP contribution in [0.15, 0.2) is 53.7 Å². The van der Waals surface area contributed by atoms with E-state index in [9.17, 15) is 22.0 Å². The lowest BCUT2D eigenvalue weighted by Crippen LogP contribution is -2.24. The van der Waals surface area contributed by atoms with Crippen molar-refractivity contribution in [1.29, 1.82) is 0 Å². The summed E-state index contributed by atoms with van der Waals surface area (Å²) in [5.74, 6) is -1.96. The highest BCUT2D eigenvalue weighted by atomic mass is 32.2. The van der Waals surface area contributed by atoms with Crippen molar-refractivity contribution in [2.24, 2.45) is 0 Å². The van der Waals surface area contributed by atoms with Gasteiger partial charge in [0.15, 0.2) is 0 Å². The van der Waals surface area contributed by atoms with E-state index >= 15 is 0 Å². The summed E-state index contributed by atoms with van der Waals surface area (Å²) in [5, 5.41) is 9.10. The molecule has 0 fully saturated rings. The molecule has 0 saturated carbocycles. The summed E-state index contributed by atoms with van der Waals surface area (Å²) in [4.78, 5) is 19.5. The van der Waals surface area contributed by atoms with Gasteiger partial charge in [0.05, 0.1) is 11.4 Å². The zero-order chi connectivity index (χ0) is 22.1. The number of aromatic nitrogens is 2. The van der Waals surface area contributed by atoms with Crippen LogP contribution in [0, 0.1) is 18.6 Å². The number of carboxylic acid groups (broad SMARTS) is 1. The SMILES string of the molecule is Cc1ncc(-c2ccnc(N(C)C(=O)O)c2)cc1NS(=O)(=O)c1ccc(F)cc1F. The second-order valence-electron chi connectivity index (χ2n) is 6.28. The molecule has 0 aliphatic heterocycles. The summed E-state index contributed by atoms with van der Waals surface area (Å²) in [6.45, 7) is 1.55. The number of anilines is 2. The number of benzene rings is 1. The van der Waals surface area contributed by atoms with E-state index in [2.05, 4.69) is 14.7 Å². The quantitative estimate of drug-likeness (QED) is 0.634. The fourth-order valence-corrected chi connectivity index (χ4v) is 3.74. The number of nitrogens with zero attached hydrogens (tertiary/aromatic N) is 3. The predicted molar refractivity (Wildman–Crippen MR) is 106 cm³/mol. The van der Waals surface area contributed by atoms with Crippen LogP contribution in [0.25, 0.3) is 11.1 Å². The summed E-state index contributed by atoms with van der Waals surface area (Å²) in [7, 11) is -3.01. The van der Waals surface area contributed by atoms with E-state index in [1.54, 1.807) is 13.0 Å². The number of hydrogen-bond donors (Lipinski definition) is 2. The molecule has 11 heteroatoms. The van der Waals surface area contributed by atoms with E-state index in [1.165, 1.54) is 31.6 Å². The molecular weight excluding hydrogens is 418 g/mol. The highest BCUT2D eigenvalue weighted by molar-refractivity contribution is 7.92. The van der Waals surface area contributed by atoms with Gasteiger partial charge in [-0.3, -0.25) is 14.6 Å². The number of amides is 1. The molecule has 0 atom stereocenters. The Labute approximate surface area is 170 Å². The molecule has 1 aromatic carbocycles. The van der Waals surface area contributed by atoms with E-state index < -0.39 is 32.6 Å². The van der Waals surface area contributed by atoms with Gasteiger partial charge in [0.25, 0.3) is 10.0 Å². The lowest BCUT2D eigenvalue weighted by Gasteiger charge is -2.14. The molecule has 30 heavy (non-hydrogen) atoms. The van der Waals surface area contributed by atoms with Crippen molar-refractivity contribution in [2.45, 2.75) is 11.8 Å². The van der Waals surface area contributed by atoms with Crippen LogP contribution >= 0.6 is 0 Å². The van der Waals surface area contributed by atoms with Gasteiger partial charge in [-0.1, -0.05) is 0 Å². The van der Waals surface area contributed by atoms with Crippen LogP contribution in [0.2, 0.25) is 0 Å². The van der Waals surface area contributed by atoms with Gasteiger partial charge in [-0.05, 0) is 42.8 Å². The first-order chi connectivity index (χ1) is 14.1. The Balaban J connectivity index is 1.98. The number of carbonyl (C=O) groups is 1. The molecule has 156 valence electrons. The molecule has 0 radical (unpaired) electrons. The normalized spacial score (nSPS) is 11.2. The number of hydrogen-bond acceptors (Lipinski definition) is 5. The van der Waals surface area contributed by atoms with Crippen molar-refractivity contribution in [1.82, 2.24) is 9.97 Å². The first-order valence-electron chi connectivity index (χ1n) is 8.46. The Hall–Kier alpha value is -3.60. The minimum absolute atomic E-state index is 0.0844. The van der Waals surface area contributed by atoms with E-state index in [0.29, 0.717) is 22.9 Å². The number of aryl methyl sites for hydroxylation is 1. The van der Waals surface area contributed by atoms with Crippen LogP contribution in [-0.4, -0.2) is 36.6 Å². The van der Waals surface area contributed by atoms with Gasteiger partial charge < -0.3 is 5.11 Å². The topological polar surface area (TPSA) is 112 Å². The second-order valence-corrected chi connectivity index (χ2v) is 7.93. The maximum atomic E-state index is 13.9. The Bertz CT molecular complexity index is 1230. The molecule has 0 unspecified atom stereocenters. The summed E-state index contributed by atoms with van der Waals surface area (Å²) in [5.41, 5.74) is 1.41.